The summed E-state index contributed by atoms with van der Waals surface area (Å²) in [7, 11) is 0. The normalized spacial score (nSPS) is 23.9. The zero-order valence-corrected chi connectivity index (χ0v) is 9.38. The molecular weight excluding hydrogens is 218 g/mol. The van der Waals surface area contributed by atoms with E-state index in [9.17, 15) is 14.7 Å². The van der Waals surface area contributed by atoms with E-state index >= 15 is 0 Å². The molecule has 2 atom stereocenters. The molecule has 0 spiro atoms. The van der Waals surface area contributed by atoms with Crippen molar-refractivity contribution in [3.63, 3.8) is 0 Å². The highest BCUT2D eigenvalue weighted by Crippen LogP contribution is 2.20. The fourth-order valence-corrected chi connectivity index (χ4v) is 2.36. The molecular formula is C9H15NO4S. The average molecular weight is 233 g/mol. The van der Waals surface area contributed by atoms with Crippen LogP contribution in [0.15, 0.2) is 0 Å². The van der Waals surface area contributed by atoms with Crippen LogP contribution in [-0.4, -0.2) is 47.2 Å². The first-order chi connectivity index (χ1) is 7.09. The SMILES string of the molecule is CC(=O)OC[C@H](O)[C@H]1CC(=O)NCCS1. The summed E-state index contributed by atoms with van der Waals surface area (Å²) in [5.41, 5.74) is 0. The molecule has 2 N–H and O–H groups in total. The van der Waals surface area contributed by atoms with E-state index in [1.807, 2.05) is 0 Å². The summed E-state index contributed by atoms with van der Waals surface area (Å²) >= 11 is 1.52. The molecule has 1 rings (SSSR count). The average Bonchev–Trinajstić information content (AvgIpc) is 2.39. The maximum atomic E-state index is 11.2. The van der Waals surface area contributed by atoms with Gasteiger partial charge in [-0.15, -0.1) is 0 Å². The number of carbonyl (C=O) groups excluding carboxylic acids is 2. The van der Waals surface area contributed by atoms with Gasteiger partial charge in [0, 0.05) is 30.9 Å². The molecule has 0 aliphatic carbocycles. The number of aliphatic hydroxyl groups excluding tert-OH is 1. The number of carbonyl (C=O) groups is 2. The first-order valence-corrected chi connectivity index (χ1v) is 5.84. The molecule has 1 aliphatic rings. The van der Waals surface area contributed by atoms with Gasteiger partial charge < -0.3 is 15.2 Å². The van der Waals surface area contributed by atoms with Gasteiger partial charge in [-0.05, 0) is 0 Å². The second-order valence-electron chi connectivity index (χ2n) is 3.33. The van der Waals surface area contributed by atoms with E-state index in [-0.39, 0.29) is 24.2 Å². The minimum atomic E-state index is -0.775. The lowest BCUT2D eigenvalue weighted by Gasteiger charge is -2.18. The minimum Gasteiger partial charge on any atom is -0.463 e. The summed E-state index contributed by atoms with van der Waals surface area (Å²) < 4.78 is 4.70. The van der Waals surface area contributed by atoms with Gasteiger partial charge in [0.25, 0.3) is 0 Å². The highest BCUT2D eigenvalue weighted by atomic mass is 32.2. The second-order valence-corrected chi connectivity index (χ2v) is 4.68. The molecule has 86 valence electrons. The lowest BCUT2D eigenvalue weighted by molar-refractivity contribution is -0.143. The van der Waals surface area contributed by atoms with Gasteiger partial charge in [0.05, 0.1) is 0 Å². The van der Waals surface area contributed by atoms with Crippen LogP contribution in [0.25, 0.3) is 0 Å². The van der Waals surface area contributed by atoms with Crippen LogP contribution in [0, 0.1) is 0 Å². The zero-order valence-electron chi connectivity index (χ0n) is 8.56. The van der Waals surface area contributed by atoms with Crippen LogP contribution >= 0.6 is 11.8 Å². The molecule has 6 heteroatoms. The van der Waals surface area contributed by atoms with Gasteiger partial charge in [-0.1, -0.05) is 0 Å². The lowest BCUT2D eigenvalue weighted by atomic mass is 10.2. The monoisotopic (exact) mass is 233 g/mol. The van der Waals surface area contributed by atoms with Crippen molar-refractivity contribution < 1.29 is 19.4 Å². The molecule has 5 nitrogen and oxygen atoms in total. The Balaban J connectivity index is 2.39. The number of hydrogen-bond donors (Lipinski definition) is 2. The molecule has 1 aliphatic heterocycles. The molecule has 0 radical (unpaired) electrons. The van der Waals surface area contributed by atoms with Crippen LogP contribution < -0.4 is 5.32 Å². The maximum Gasteiger partial charge on any atom is 0.302 e. The maximum absolute atomic E-state index is 11.2. The number of nitrogens with one attached hydrogen (secondary N) is 1. The van der Waals surface area contributed by atoms with Crippen molar-refractivity contribution >= 4 is 23.6 Å². The van der Waals surface area contributed by atoms with E-state index in [4.69, 9.17) is 4.74 Å². The van der Waals surface area contributed by atoms with E-state index in [2.05, 4.69) is 5.32 Å². The van der Waals surface area contributed by atoms with Crippen LogP contribution in [-0.2, 0) is 14.3 Å². The van der Waals surface area contributed by atoms with E-state index in [1.54, 1.807) is 0 Å². The van der Waals surface area contributed by atoms with E-state index in [1.165, 1.54) is 18.7 Å². The predicted octanol–water partition coefficient (Wildman–Crippen LogP) is -0.468. The van der Waals surface area contributed by atoms with Gasteiger partial charge in [0.15, 0.2) is 0 Å². The number of aliphatic hydroxyl groups is 1. The van der Waals surface area contributed by atoms with Gasteiger partial charge in [0.2, 0.25) is 5.91 Å². The highest BCUT2D eigenvalue weighted by Gasteiger charge is 2.25. The fraction of sp³-hybridized carbons (Fsp3) is 0.778. The number of thioether (sulfide) groups is 1. The standard InChI is InChI=1S/C9H15NO4S/c1-6(11)14-5-7(12)8-4-9(13)10-2-3-15-8/h7-8,12H,2-5H2,1H3,(H,10,13)/t7-,8+/m0/s1. The Labute approximate surface area is 92.6 Å². The molecule has 0 bridgehead atoms. The van der Waals surface area contributed by atoms with Crippen LogP contribution in [0.1, 0.15) is 13.3 Å². The number of ether oxygens (including phenoxy) is 1. The Morgan fingerprint density at radius 2 is 2.53 bits per heavy atom. The molecule has 0 aromatic rings. The minimum absolute atomic E-state index is 0.0414. The quantitative estimate of drug-likeness (QED) is 0.645. The first kappa shape index (κ1) is 12.3. The van der Waals surface area contributed by atoms with E-state index < -0.39 is 12.1 Å². The van der Waals surface area contributed by atoms with Crippen molar-refractivity contribution in [2.45, 2.75) is 24.7 Å². The lowest BCUT2D eigenvalue weighted by Crippen LogP contribution is -2.32. The smallest absolute Gasteiger partial charge is 0.302 e. The topological polar surface area (TPSA) is 75.6 Å². The molecule has 15 heavy (non-hydrogen) atoms. The zero-order chi connectivity index (χ0) is 11.3. The molecule has 0 saturated carbocycles. The molecule has 1 heterocycles. The molecule has 1 amide bonds. The number of rotatable bonds is 3. The van der Waals surface area contributed by atoms with Crippen molar-refractivity contribution in [3.05, 3.63) is 0 Å². The van der Waals surface area contributed by atoms with Crippen molar-refractivity contribution in [2.75, 3.05) is 18.9 Å². The Morgan fingerprint density at radius 1 is 1.80 bits per heavy atom. The van der Waals surface area contributed by atoms with Gasteiger partial charge in [-0.2, -0.15) is 11.8 Å². The summed E-state index contributed by atoms with van der Waals surface area (Å²) in [5.74, 6) is 0.289. The van der Waals surface area contributed by atoms with Crippen LogP contribution in [0.4, 0.5) is 0 Å². The Morgan fingerprint density at radius 3 is 3.20 bits per heavy atom. The summed E-state index contributed by atoms with van der Waals surface area (Å²) in [6, 6.07) is 0. The van der Waals surface area contributed by atoms with Gasteiger partial charge in [-0.3, -0.25) is 9.59 Å². The number of hydrogen-bond acceptors (Lipinski definition) is 5. The van der Waals surface area contributed by atoms with Crippen molar-refractivity contribution in [1.29, 1.82) is 0 Å². The van der Waals surface area contributed by atoms with E-state index in [0.29, 0.717) is 6.54 Å². The Bertz CT molecular complexity index is 246. The van der Waals surface area contributed by atoms with Crippen LogP contribution in [0.2, 0.25) is 0 Å². The van der Waals surface area contributed by atoms with E-state index in [0.717, 1.165) is 5.75 Å². The van der Waals surface area contributed by atoms with Gasteiger partial charge in [0.1, 0.15) is 12.7 Å². The molecule has 1 saturated heterocycles. The van der Waals surface area contributed by atoms with Crippen molar-refractivity contribution in [3.8, 4) is 0 Å². The summed E-state index contributed by atoms with van der Waals surface area (Å²) in [4.78, 5) is 21.7. The molecule has 0 unspecified atom stereocenters. The predicted molar refractivity (Wildman–Crippen MR) is 56.5 cm³/mol. The first-order valence-electron chi connectivity index (χ1n) is 4.79. The summed E-state index contributed by atoms with van der Waals surface area (Å²) in [5, 5.41) is 12.2. The second kappa shape index (κ2) is 5.97. The van der Waals surface area contributed by atoms with Gasteiger partial charge >= 0.3 is 5.97 Å². The third-order valence-corrected chi connectivity index (χ3v) is 3.38. The van der Waals surface area contributed by atoms with Crippen molar-refractivity contribution in [1.82, 2.24) is 5.32 Å². The molecule has 0 aromatic heterocycles. The molecule has 1 fully saturated rings. The molecule has 0 aromatic carbocycles. The third kappa shape index (κ3) is 4.53. The highest BCUT2D eigenvalue weighted by molar-refractivity contribution is 8.00. The summed E-state index contributed by atoms with van der Waals surface area (Å²) in [6.45, 7) is 1.88. The van der Waals surface area contributed by atoms with Crippen molar-refractivity contribution in [2.24, 2.45) is 0 Å². The largest absolute Gasteiger partial charge is 0.463 e. The van der Waals surface area contributed by atoms with Gasteiger partial charge in [-0.25, -0.2) is 0 Å². The fourth-order valence-electron chi connectivity index (χ4n) is 1.27. The Hall–Kier alpha value is -0.750. The number of amides is 1. The summed E-state index contributed by atoms with van der Waals surface area (Å²) in [6.07, 6.45) is -0.504. The number of esters is 1. The third-order valence-electron chi connectivity index (χ3n) is 2.03. The Kier molecular flexibility index (Phi) is 4.90. The van der Waals surface area contributed by atoms with Crippen LogP contribution in [0.3, 0.4) is 0 Å². The van der Waals surface area contributed by atoms with Crippen LogP contribution in [0.5, 0.6) is 0 Å².